The van der Waals surface area contributed by atoms with Gasteiger partial charge >= 0.3 is 0 Å². The van der Waals surface area contributed by atoms with E-state index in [-0.39, 0.29) is 0 Å². The number of allylic oxidation sites excluding steroid dienone is 4. The molecule has 0 aromatic heterocycles. The number of rotatable bonds is 3. The molecule has 0 radical (unpaired) electrons. The first-order valence-corrected chi connectivity index (χ1v) is 5.93. The molecule has 82 valence electrons. The van der Waals surface area contributed by atoms with Gasteiger partial charge in [0, 0.05) is 5.75 Å². The summed E-state index contributed by atoms with van der Waals surface area (Å²) in [4.78, 5) is 0. The molecule has 2 heteroatoms. The number of benzene rings is 1. The van der Waals surface area contributed by atoms with Crippen molar-refractivity contribution in [2.24, 2.45) is 0 Å². The average Bonchev–Trinajstić information content (AvgIpc) is 2.55. The fraction of sp³-hybridized carbons (Fsp3) is 0.143. The van der Waals surface area contributed by atoms with Gasteiger partial charge in [0.2, 0.25) is 0 Å². The van der Waals surface area contributed by atoms with E-state index in [1.54, 1.807) is 0 Å². The van der Waals surface area contributed by atoms with Gasteiger partial charge in [-0.3, -0.25) is 0 Å². The minimum absolute atomic E-state index is 0.728. The molecule has 0 saturated heterocycles. The van der Waals surface area contributed by atoms with E-state index in [0.717, 1.165) is 23.7 Å². The number of para-hydroxylation sites is 1. The third-order valence-electron chi connectivity index (χ3n) is 2.28. The lowest BCUT2D eigenvalue weighted by Gasteiger charge is -2.06. The number of thiol groups is 1. The van der Waals surface area contributed by atoms with Gasteiger partial charge in [0.15, 0.2) is 0 Å². The fourth-order valence-electron chi connectivity index (χ4n) is 1.49. The van der Waals surface area contributed by atoms with Crippen molar-refractivity contribution in [3.05, 3.63) is 66.0 Å². The zero-order valence-corrected chi connectivity index (χ0v) is 9.86. The predicted molar refractivity (Wildman–Crippen MR) is 70.8 cm³/mol. The highest BCUT2D eigenvalue weighted by Gasteiger charge is 2.01. The minimum Gasteiger partial charge on any atom is -0.458 e. The minimum atomic E-state index is 0.728. The van der Waals surface area contributed by atoms with E-state index in [4.69, 9.17) is 4.74 Å². The molecule has 0 amide bonds. The molecule has 0 N–H and O–H groups in total. The summed E-state index contributed by atoms with van der Waals surface area (Å²) in [7, 11) is 0. The molecule has 1 aromatic rings. The van der Waals surface area contributed by atoms with Gasteiger partial charge in [0.1, 0.15) is 11.5 Å². The van der Waals surface area contributed by atoms with Gasteiger partial charge in [-0.25, -0.2) is 0 Å². The van der Waals surface area contributed by atoms with Crippen molar-refractivity contribution in [1.82, 2.24) is 0 Å². The van der Waals surface area contributed by atoms with E-state index >= 15 is 0 Å². The second kappa shape index (κ2) is 5.61. The zero-order valence-electron chi connectivity index (χ0n) is 8.97. The molecular formula is C14H14OS. The lowest BCUT2D eigenvalue weighted by Crippen LogP contribution is -1.93. The summed E-state index contributed by atoms with van der Waals surface area (Å²) < 4.78 is 5.78. The van der Waals surface area contributed by atoms with E-state index in [9.17, 15) is 0 Å². The Kier molecular flexibility index (Phi) is 3.89. The summed E-state index contributed by atoms with van der Waals surface area (Å²) in [5, 5.41) is 0. The Morgan fingerprint density at radius 1 is 1.19 bits per heavy atom. The molecular weight excluding hydrogens is 216 g/mol. The topological polar surface area (TPSA) is 9.23 Å². The smallest absolute Gasteiger partial charge is 0.127 e. The van der Waals surface area contributed by atoms with Gasteiger partial charge in [0.25, 0.3) is 0 Å². The Hall–Kier alpha value is -1.41. The third kappa shape index (κ3) is 3.04. The van der Waals surface area contributed by atoms with Gasteiger partial charge in [-0.05, 0) is 36.3 Å². The second-order valence-electron chi connectivity index (χ2n) is 3.54. The van der Waals surface area contributed by atoms with Crippen molar-refractivity contribution in [3.8, 4) is 5.75 Å². The van der Waals surface area contributed by atoms with Crippen LogP contribution in [0, 0.1) is 0 Å². The molecule has 0 unspecified atom stereocenters. The lowest BCUT2D eigenvalue weighted by atomic mass is 10.2. The van der Waals surface area contributed by atoms with Crippen molar-refractivity contribution >= 4 is 12.6 Å². The first-order chi connectivity index (χ1) is 7.88. The van der Waals surface area contributed by atoms with Crippen LogP contribution in [0.15, 0.2) is 66.0 Å². The Labute approximate surface area is 102 Å². The molecule has 0 aliphatic heterocycles. The molecule has 0 saturated carbocycles. The first kappa shape index (κ1) is 11.1. The summed E-state index contributed by atoms with van der Waals surface area (Å²) in [6.45, 7) is 0. The lowest BCUT2D eigenvalue weighted by molar-refractivity contribution is 0.442. The van der Waals surface area contributed by atoms with Crippen LogP contribution in [0.5, 0.6) is 5.75 Å². The first-order valence-electron chi connectivity index (χ1n) is 5.29. The second-order valence-corrected chi connectivity index (χ2v) is 3.85. The van der Waals surface area contributed by atoms with E-state index in [1.165, 1.54) is 5.57 Å². The van der Waals surface area contributed by atoms with Crippen LogP contribution < -0.4 is 4.74 Å². The highest BCUT2D eigenvalue weighted by atomic mass is 32.1. The summed E-state index contributed by atoms with van der Waals surface area (Å²) in [6, 6.07) is 9.81. The van der Waals surface area contributed by atoms with Crippen LogP contribution in [-0.4, -0.2) is 5.75 Å². The highest BCUT2D eigenvalue weighted by Crippen LogP contribution is 2.18. The monoisotopic (exact) mass is 230 g/mol. The summed E-state index contributed by atoms with van der Waals surface area (Å²) >= 11 is 4.28. The number of ether oxygens (including phenoxy) is 1. The zero-order chi connectivity index (χ0) is 11.2. The molecule has 0 atom stereocenters. The molecule has 0 fully saturated rings. The van der Waals surface area contributed by atoms with Crippen LogP contribution in [0.3, 0.4) is 0 Å². The van der Waals surface area contributed by atoms with Gasteiger partial charge < -0.3 is 4.74 Å². The van der Waals surface area contributed by atoms with Crippen LogP contribution in [0.25, 0.3) is 0 Å². The molecule has 0 bridgehead atoms. The standard InChI is InChI=1S/C14H14OS/c16-11-12-6-4-5-9-14(10-12)15-13-7-2-1-3-8-13/h1-4,6-10,16H,5,11H2. The van der Waals surface area contributed by atoms with Crippen molar-refractivity contribution in [3.63, 3.8) is 0 Å². The Morgan fingerprint density at radius 3 is 2.75 bits per heavy atom. The maximum absolute atomic E-state index is 5.78. The van der Waals surface area contributed by atoms with Crippen molar-refractivity contribution in [2.75, 3.05) is 5.75 Å². The van der Waals surface area contributed by atoms with E-state index < -0.39 is 0 Å². The van der Waals surface area contributed by atoms with Crippen LogP contribution >= 0.6 is 12.6 Å². The quantitative estimate of drug-likeness (QED) is 0.778. The SMILES string of the molecule is SCC1=CC(Oc2ccccc2)=CCC=C1. The van der Waals surface area contributed by atoms with Crippen molar-refractivity contribution < 1.29 is 4.74 Å². The van der Waals surface area contributed by atoms with Gasteiger partial charge in [-0.15, -0.1) is 0 Å². The van der Waals surface area contributed by atoms with Crippen LogP contribution in [-0.2, 0) is 0 Å². The maximum atomic E-state index is 5.78. The molecule has 1 nitrogen and oxygen atoms in total. The molecule has 1 aromatic carbocycles. The molecule has 1 aliphatic rings. The molecule has 2 rings (SSSR count). The molecule has 0 heterocycles. The Balaban J connectivity index is 2.13. The van der Waals surface area contributed by atoms with Crippen LogP contribution in [0.4, 0.5) is 0 Å². The average molecular weight is 230 g/mol. The van der Waals surface area contributed by atoms with E-state index in [0.29, 0.717) is 0 Å². The molecule has 0 spiro atoms. The van der Waals surface area contributed by atoms with Crippen molar-refractivity contribution in [1.29, 1.82) is 0 Å². The van der Waals surface area contributed by atoms with Gasteiger partial charge in [-0.1, -0.05) is 30.4 Å². The summed E-state index contributed by atoms with van der Waals surface area (Å²) in [6.07, 6.45) is 9.20. The van der Waals surface area contributed by atoms with Crippen LogP contribution in [0.1, 0.15) is 6.42 Å². The van der Waals surface area contributed by atoms with Gasteiger partial charge in [-0.2, -0.15) is 12.6 Å². The summed E-state index contributed by atoms with van der Waals surface area (Å²) in [5.41, 5.74) is 1.17. The highest BCUT2D eigenvalue weighted by molar-refractivity contribution is 7.80. The maximum Gasteiger partial charge on any atom is 0.127 e. The predicted octanol–water partition coefficient (Wildman–Crippen LogP) is 3.77. The molecule has 16 heavy (non-hydrogen) atoms. The van der Waals surface area contributed by atoms with Gasteiger partial charge in [0.05, 0.1) is 0 Å². The van der Waals surface area contributed by atoms with E-state index in [1.807, 2.05) is 36.4 Å². The number of hydrogen-bond acceptors (Lipinski definition) is 2. The van der Waals surface area contributed by atoms with E-state index in [2.05, 4.69) is 30.9 Å². The Bertz CT molecular complexity index is 429. The largest absolute Gasteiger partial charge is 0.458 e. The van der Waals surface area contributed by atoms with Crippen molar-refractivity contribution in [2.45, 2.75) is 6.42 Å². The fourth-order valence-corrected chi connectivity index (χ4v) is 1.68. The normalized spacial score (nSPS) is 15.1. The summed E-state index contributed by atoms with van der Waals surface area (Å²) in [5.74, 6) is 2.48. The van der Waals surface area contributed by atoms with Crippen LogP contribution in [0.2, 0.25) is 0 Å². The Morgan fingerprint density at radius 2 is 2.00 bits per heavy atom. The molecule has 1 aliphatic carbocycles. The third-order valence-corrected chi connectivity index (χ3v) is 2.64. The number of hydrogen-bond donors (Lipinski definition) is 1.